The first-order valence-electron chi connectivity index (χ1n) is 12.1. The molecular weight excluding hydrogens is 526 g/mol. The summed E-state index contributed by atoms with van der Waals surface area (Å²) in [4.78, 5) is 62.6. The number of carbonyl (C=O) groups excluding carboxylic acids is 3. The van der Waals surface area contributed by atoms with Crippen LogP contribution in [0.3, 0.4) is 0 Å². The second kappa shape index (κ2) is 11.6. The Morgan fingerprint density at radius 1 is 1.13 bits per heavy atom. The third-order valence-corrected chi connectivity index (χ3v) is 6.52. The number of primary amides is 1. The molecule has 0 radical (unpaired) electrons. The average Bonchev–Trinajstić information content (AvgIpc) is 3.02. The van der Waals surface area contributed by atoms with E-state index in [-0.39, 0.29) is 0 Å². The molecule has 214 valence electrons. The average molecular weight is 555 g/mol. The van der Waals surface area contributed by atoms with Crippen molar-refractivity contribution >= 4 is 17.7 Å². The highest BCUT2D eigenvalue weighted by molar-refractivity contribution is 5.95. The number of carbonyl (C=O) groups is 3. The minimum atomic E-state index is -1.93. The zero-order chi connectivity index (χ0) is 28.4. The number of aliphatic hydroxyl groups excluding tert-OH is 4. The molecule has 4 rings (SSSR count). The Hall–Kier alpha value is -3.61. The van der Waals surface area contributed by atoms with Crippen LogP contribution in [0.1, 0.15) is 25.5 Å². The van der Waals surface area contributed by atoms with Gasteiger partial charge in [0.25, 0.3) is 11.5 Å². The Kier molecular flexibility index (Phi) is 8.48. The minimum Gasteiger partial charge on any atom is -0.456 e. The van der Waals surface area contributed by atoms with Crippen LogP contribution in [0.25, 0.3) is 0 Å². The van der Waals surface area contributed by atoms with E-state index in [2.05, 4.69) is 10.6 Å². The van der Waals surface area contributed by atoms with E-state index in [1.54, 1.807) is 0 Å². The Morgan fingerprint density at radius 3 is 2.56 bits per heavy atom. The first-order valence-corrected chi connectivity index (χ1v) is 12.1. The molecule has 2 fully saturated rings. The summed E-state index contributed by atoms with van der Waals surface area (Å²) in [5.41, 5.74) is 3.71. The molecule has 0 unspecified atom stereocenters. The normalized spacial score (nSPS) is 33.7. The summed E-state index contributed by atoms with van der Waals surface area (Å²) in [7, 11) is 0. The maximum Gasteiger partial charge on any atom is 0.330 e. The molecule has 9 atom stereocenters. The molecule has 2 saturated heterocycles. The van der Waals surface area contributed by atoms with Crippen molar-refractivity contribution in [1.82, 2.24) is 20.2 Å². The summed E-state index contributed by atoms with van der Waals surface area (Å²) in [6.07, 6.45) is -10.7. The molecule has 9 N–H and O–H groups in total. The predicted molar refractivity (Wildman–Crippen MR) is 125 cm³/mol. The second-order valence-corrected chi connectivity index (χ2v) is 9.26. The van der Waals surface area contributed by atoms with Crippen LogP contribution < -0.4 is 27.6 Å². The van der Waals surface area contributed by atoms with E-state index in [1.165, 1.54) is 0 Å². The first kappa shape index (κ1) is 28.4. The number of nitrogens with one attached hydrogen (secondary N) is 3. The highest BCUT2D eigenvalue weighted by Crippen LogP contribution is 2.32. The van der Waals surface area contributed by atoms with E-state index < -0.39 is 89.9 Å². The standard InChI is InChI=1S/C22H29N5O12/c23-17(33)16(15-13(31)14(32)20(38-15)27-6-4-11(29)26-22(27)36)39-21-12(30)9(28)7-10(37-21)19(35)25-8-3-1-2-5-24-18(8)34/h4,6-9,12-16,20-21,28,30-32H,1-3,5H2,(H2,23,33)(H,24,34)(H,25,35)(H,26,29,36)/t8-,9-,12-,13-,14+,15-,16+,20+,21+/m0/s1. The van der Waals surface area contributed by atoms with Gasteiger partial charge in [-0.1, -0.05) is 0 Å². The van der Waals surface area contributed by atoms with Crippen molar-refractivity contribution in [3.63, 3.8) is 0 Å². The molecule has 17 nitrogen and oxygen atoms in total. The summed E-state index contributed by atoms with van der Waals surface area (Å²) in [5.74, 6) is -3.08. The van der Waals surface area contributed by atoms with Crippen LogP contribution in [0.4, 0.5) is 0 Å². The topological polar surface area (TPSA) is 265 Å². The molecule has 1 aromatic heterocycles. The van der Waals surface area contributed by atoms with Crippen molar-refractivity contribution < 1.29 is 49.0 Å². The van der Waals surface area contributed by atoms with Gasteiger partial charge in [0, 0.05) is 18.8 Å². The fraction of sp³-hybridized carbons (Fsp3) is 0.591. The fourth-order valence-corrected chi connectivity index (χ4v) is 4.44. The minimum absolute atomic E-state index is 0.360. The number of ether oxygens (including phenoxy) is 3. The number of aromatic nitrogens is 2. The molecule has 4 heterocycles. The van der Waals surface area contributed by atoms with Gasteiger partial charge in [-0.15, -0.1) is 0 Å². The zero-order valence-electron chi connectivity index (χ0n) is 20.3. The van der Waals surface area contributed by atoms with Crippen LogP contribution in [0.2, 0.25) is 0 Å². The van der Waals surface area contributed by atoms with Gasteiger partial charge in [0.05, 0.1) is 0 Å². The van der Waals surface area contributed by atoms with Crippen LogP contribution in [-0.4, -0.2) is 103 Å². The Bertz CT molecular complexity index is 1250. The number of nitrogens with two attached hydrogens (primary N) is 1. The van der Waals surface area contributed by atoms with Gasteiger partial charge >= 0.3 is 5.69 Å². The van der Waals surface area contributed by atoms with Crippen LogP contribution in [0, 0.1) is 0 Å². The summed E-state index contributed by atoms with van der Waals surface area (Å²) in [5, 5.41) is 46.8. The second-order valence-electron chi connectivity index (χ2n) is 9.26. The van der Waals surface area contributed by atoms with E-state index in [1.807, 2.05) is 4.98 Å². The monoisotopic (exact) mass is 555 g/mol. The molecule has 0 aliphatic carbocycles. The van der Waals surface area contributed by atoms with Crippen LogP contribution >= 0.6 is 0 Å². The molecule has 1 aromatic rings. The molecule has 0 saturated carbocycles. The van der Waals surface area contributed by atoms with Gasteiger partial charge in [-0.25, -0.2) is 4.79 Å². The maximum absolute atomic E-state index is 12.8. The largest absolute Gasteiger partial charge is 0.456 e. The number of nitrogens with zero attached hydrogens (tertiary/aromatic N) is 1. The van der Waals surface area contributed by atoms with Crippen molar-refractivity contribution in [1.29, 1.82) is 0 Å². The summed E-state index contributed by atoms with van der Waals surface area (Å²) >= 11 is 0. The van der Waals surface area contributed by atoms with Gasteiger partial charge in [0.1, 0.15) is 36.6 Å². The van der Waals surface area contributed by atoms with E-state index in [4.69, 9.17) is 19.9 Å². The van der Waals surface area contributed by atoms with Crippen molar-refractivity contribution in [3.8, 4) is 0 Å². The van der Waals surface area contributed by atoms with Gasteiger partial charge in [-0.3, -0.25) is 28.7 Å². The lowest BCUT2D eigenvalue weighted by atomic mass is 10.0. The van der Waals surface area contributed by atoms with Gasteiger partial charge in [0.2, 0.25) is 18.1 Å². The maximum atomic E-state index is 12.8. The van der Waals surface area contributed by atoms with Gasteiger partial charge in [0.15, 0.2) is 18.1 Å². The third-order valence-electron chi connectivity index (χ3n) is 6.52. The van der Waals surface area contributed by atoms with Crippen LogP contribution in [-0.2, 0) is 28.6 Å². The molecule has 3 amide bonds. The Labute approximate surface area is 219 Å². The number of aromatic amines is 1. The molecule has 0 spiro atoms. The van der Waals surface area contributed by atoms with Gasteiger partial charge < -0.3 is 51.0 Å². The van der Waals surface area contributed by atoms with E-state index in [0.29, 0.717) is 19.4 Å². The zero-order valence-corrected chi connectivity index (χ0v) is 20.3. The van der Waals surface area contributed by atoms with E-state index >= 15 is 0 Å². The number of hydrogen-bond donors (Lipinski definition) is 8. The summed E-state index contributed by atoms with van der Waals surface area (Å²) in [6.45, 7) is 0.460. The van der Waals surface area contributed by atoms with Crippen molar-refractivity contribution in [2.75, 3.05) is 6.54 Å². The lowest BCUT2D eigenvalue weighted by Gasteiger charge is -2.34. The molecule has 3 aliphatic rings. The Morgan fingerprint density at radius 2 is 1.87 bits per heavy atom. The van der Waals surface area contributed by atoms with E-state index in [0.717, 1.165) is 29.3 Å². The predicted octanol–water partition coefficient (Wildman–Crippen LogP) is -5.23. The number of rotatable bonds is 7. The quantitative estimate of drug-likeness (QED) is 0.157. The molecule has 0 bridgehead atoms. The number of H-pyrrole nitrogens is 1. The molecule has 3 aliphatic heterocycles. The lowest BCUT2D eigenvalue weighted by molar-refractivity contribution is -0.240. The fourth-order valence-electron chi connectivity index (χ4n) is 4.44. The number of aliphatic hydroxyl groups is 4. The number of hydrogen-bond acceptors (Lipinski definition) is 12. The number of amides is 3. The van der Waals surface area contributed by atoms with Crippen LogP contribution in [0.15, 0.2) is 33.7 Å². The van der Waals surface area contributed by atoms with Crippen molar-refractivity contribution in [2.24, 2.45) is 5.73 Å². The highest BCUT2D eigenvalue weighted by Gasteiger charge is 2.51. The first-order chi connectivity index (χ1) is 18.5. The summed E-state index contributed by atoms with van der Waals surface area (Å²) < 4.78 is 17.1. The lowest BCUT2D eigenvalue weighted by Crippen LogP contribution is -2.54. The molecule has 17 heteroatoms. The smallest absolute Gasteiger partial charge is 0.330 e. The molecule has 0 aromatic carbocycles. The highest BCUT2D eigenvalue weighted by atomic mass is 16.7. The van der Waals surface area contributed by atoms with Gasteiger partial charge in [-0.05, 0) is 25.3 Å². The van der Waals surface area contributed by atoms with Gasteiger partial charge in [-0.2, -0.15) is 0 Å². The molecular formula is C22H29N5O12. The van der Waals surface area contributed by atoms with Crippen LogP contribution in [0.5, 0.6) is 0 Å². The van der Waals surface area contributed by atoms with Crippen molar-refractivity contribution in [3.05, 3.63) is 44.9 Å². The Balaban J connectivity index is 1.50. The molecule has 39 heavy (non-hydrogen) atoms. The third kappa shape index (κ3) is 6.02. The van der Waals surface area contributed by atoms with E-state index in [9.17, 15) is 44.4 Å². The summed E-state index contributed by atoms with van der Waals surface area (Å²) in [6, 6.07) is 0.0906. The SMILES string of the molecule is NC(=O)[C@H](O[C@H]1OC(C(=O)N[C@H]2CCCCNC2=O)=C[C@H](O)[C@@H]1O)[C@H]1O[C@@H](n2ccc(=O)[nH]c2=O)[C@H](O)[C@@H]1O. The van der Waals surface area contributed by atoms with Crippen molar-refractivity contribution in [2.45, 2.75) is 74.4 Å².